The lowest BCUT2D eigenvalue weighted by Crippen LogP contribution is -2.32. The van der Waals surface area contributed by atoms with Crippen LogP contribution in [0.4, 0.5) is 0 Å². The first kappa shape index (κ1) is 20.9. The number of rotatable bonds is 7. The minimum Gasteiger partial charge on any atom is -0.503 e. The van der Waals surface area contributed by atoms with Crippen LogP contribution in [-0.2, 0) is 4.79 Å². The van der Waals surface area contributed by atoms with Crippen LogP contribution in [0.5, 0.6) is 17.2 Å². The fourth-order valence-electron chi connectivity index (χ4n) is 3.03. The Labute approximate surface area is 177 Å². The zero-order valence-corrected chi connectivity index (χ0v) is 17.6. The molecule has 1 amide bonds. The molecule has 1 saturated heterocycles. The van der Waals surface area contributed by atoms with Gasteiger partial charge in [-0.1, -0.05) is 6.08 Å². The highest BCUT2D eigenvalue weighted by Crippen LogP contribution is 2.35. The number of ether oxygens (including phenoxy) is 2. The number of carbonyl (C=O) groups excluding carboxylic acids is 2. The van der Waals surface area contributed by atoms with Gasteiger partial charge >= 0.3 is 0 Å². The molecular formula is C22H22BrNO5. The third-order valence-electron chi connectivity index (χ3n) is 4.66. The predicted molar refractivity (Wildman–Crippen MR) is 113 cm³/mol. The molecule has 1 fully saturated rings. The van der Waals surface area contributed by atoms with Crippen molar-refractivity contribution >= 4 is 33.7 Å². The quantitative estimate of drug-likeness (QED) is 0.498. The minimum atomic E-state index is -0.173. The van der Waals surface area contributed by atoms with Gasteiger partial charge in [0.05, 0.1) is 11.6 Å². The lowest BCUT2D eigenvalue weighted by atomic mass is 10.1. The van der Waals surface area contributed by atoms with E-state index in [0.717, 1.165) is 25.9 Å². The Balaban J connectivity index is 1.59. The zero-order valence-electron chi connectivity index (χ0n) is 16.1. The van der Waals surface area contributed by atoms with Crippen molar-refractivity contribution in [2.24, 2.45) is 0 Å². The monoisotopic (exact) mass is 459 g/mol. The molecule has 0 unspecified atom stereocenters. The number of nitrogens with zero attached hydrogens (tertiary/aromatic N) is 1. The molecule has 7 heteroatoms. The van der Waals surface area contributed by atoms with Crippen LogP contribution in [0.2, 0.25) is 0 Å². The van der Waals surface area contributed by atoms with Crippen LogP contribution in [0.3, 0.4) is 0 Å². The molecule has 0 radical (unpaired) electrons. The van der Waals surface area contributed by atoms with Gasteiger partial charge in [0.15, 0.2) is 23.9 Å². The van der Waals surface area contributed by atoms with E-state index in [2.05, 4.69) is 15.9 Å². The van der Waals surface area contributed by atoms with E-state index in [4.69, 9.17) is 9.47 Å². The fourth-order valence-corrected chi connectivity index (χ4v) is 3.49. The largest absolute Gasteiger partial charge is 0.503 e. The maximum Gasteiger partial charge on any atom is 0.260 e. The summed E-state index contributed by atoms with van der Waals surface area (Å²) in [7, 11) is 1.46. The summed E-state index contributed by atoms with van der Waals surface area (Å²) < 4.78 is 11.1. The highest BCUT2D eigenvalue weighted by Gasteiger charge is 2.18. The van der Waals surface area contributed by atoms with E-state index in [-0.39, 0.29) is 24.0 Å². The van der Waals surface area contributed by atoms with Crippen LogP contribution in [0.15, 0.2) is 46.9 Å². The first-order valence-electron chi connectivity index (χ1n) is 9.27. The van der Waals surface area contributed by atoms with E-state index >= 15 is 0 Å². The van der Waals surface area contributed by atoms with Gasteiger partial charge in [-0.15, -0.1) is 0 Å². The Kier molecular flexibility index (Phi) is 6.93. The maximum absolute atomic E-state index is 12.4. The summed E-state index contributed by atoms with van der Waals surface area (Å²) >= 11 is 3.25. The van der Waals surface area contributed by atoms with Gasteiger partial charge < -0.3 is 19.5 Å². The number of aromatic hydroxyl groups is 1. The molecule has 152 valence electrons. The Bertz CT molecular complexity index is 918. The molecule has 0 saturated carbocycles. The molecule has 1 heterocycles. The summed E-state index contributed by atoms with van der Waals surface area (Å²) in [5.41, 5.74) is 1.21. The number of hydrogen-bond acceptors (Lipinski definition) is 5. The Morgan fingerprint density at radius 3 is 2.52 bits per heavy atom. The molecule has 2 aromatic rings. The van der Waals surface area contributed by atoms with E-state index in [9.17, 15) is 14.7 Å². The van der Waals surface area contributed by atoms with Gasteiger partial charge in [-0.05, 0) is 76.8 Å². The summed E-state index contributed by atoms with van der Waals surface area (Å²) in [6, 6.07) is 10.0. The van der Waals surface area contributed by atoms with Crippen molar-refractivity contribution in [2.45, 2.75) is 12.8 Å². The smallest absolute Gasteiger partial charge is 0.260 e. The average Bonchev–Trinajstić information content (AvgIpc) is 3.28. The van der Waals surface area contributed by atoms with Crippen LogP contribution in [0.1, 0.15) is 28.8 Å². The first-order valence-corrected chi connectivity index (χ1v) is 10.1. The molecule has 6 nitrogen and oxygen atoms in total. The third-order valence-corrected chi connectivity index (χ3v) is 5.26. The summed E-state index contributed by atoms with van der Waals surface area (Å²) in [5, 5.41) is 9.84. The van der Waals surface area contributed by atoms with Gasteiger partial charge in [-0.25, -0.2) is 0 Å². The van der Waals surface area contributed by atoms with E-state index in [1.165, 1.54) is 13.2 Å². The number of hydrogen-bond donors (Lipinski definition) is 1. The van der Waals surface area contributed by atoms with Crippen molar-refractivity contribution in [3.63, 3.8) is 0 Å². The first-order chi connectivity index (χ1) is 14.0. The molecular weight excluding hydrogens is 438 g/mol. The SMILES string of the molecule is COc1cc(C=CC(=O)c2ccc(OCC(=O)N3CCCC3)cc2)cc(Br)c1O. The summed E-state index contributed by atoms with van der Waals surface area (Å²) in [5.74, 6) is 0.686. The van der Waals surface area contributed by atoms with Crippen LogP contribution >= 0.6 is 15.9 Å². The molecule has 3 rings (SSSR count). The van der Waals surface area contributed by atoms with Crippen LogP contribution in [-0.4, -0.2) is 48.5 Å². The van der Waals surface area contributed by atoms with Crippen LogP contribution in [0.25, 0.3) is 6.08 Å². The Morgan fingerprint density at radius 2 is 1.86 bits per heavy atom. The standard InChI is InChI=1S/C22H22BrNO5/c1-28-20-13-15(12-18(23)22(20)27)4-9-19(25)16-5-7-17(8-6-16)29-14-21(26)24-10-2-3-11-24/h4-9,12-13,27H,2-3,10-11,14H2,1H3. The number of halogens is 1. The normalized spacial score (nSPS) is 13.7. The molecule has 0 spiro atoms. The molecule has 29 heavy (non-hydrogen) atoms. The number of allylic oxidation sites excluding steroid dienone is 1. The predicted octanol–water partition coefficient (Wildman–Crippen LogP) is 4.06. The molecule has 1 N–H and O–H groups in total. The van der Waals surface area contributed by atoms with Gasteiger partial charge in [-0.3, -0.25) is 9.59 Å². The van der Waals surface area contributed by atoms with Gasteiger partial charge in [0, 0.05) is 18.7 Å². The second kappa shape index (κ2) is 9.60. The molecule has 1 aliphatic heterocycles. The molecule has 2 aromatic carbocycles. The number of benzene rings is 2. The molecule has 0 atom stereocenters. The van der Waals surface area contributed by atoms with Crippen molar-refractivity contribution in [2.75, 3.05) is 26.8 Å². The number of likely N-dealkylation sites (tertiary alicyclic amines) is 1. The van der Waals surface area contributed by atoms with Crippen molar-refractivity contribution in [1.29, 1.82) is 0 Å². The van der Waals surface area contributed by atoms with E-state index in [0.29, 0.717) is 27.1 Å². The Morgan fingerprint density at radius 1 is 1.17 bits per heavy atom. The number of phenolic OH excluding ortho intramolecular Hbond substituents is 1. The van der Waals surface area contributed by atoms with Gasteiger partial charge in [0.25, 0.3) is 5.91 Å². The fraction of sp³-hybridized carbons (Fsp3) is 0.273. The molecule has 0 aliphatic carbocycles. The van der Waals surface area contributed by atoms with Crippen molar-refractivity contribution in [3.8, 4) is 17.2 Å². The summed E-state index contributed by atoms with van der Waals surface area (Å²) in [6.07, 6.45) is 5.19. The minimum absolute atomic E-state index is 0.00472. The number of carbonyl (C=O) groups is 2. The van der Waals surface area contributed by atoms with Crippen molar-refractivity contribution < 1.29 is 24.2 Å². The van der Waals surface area contributed by atoms with Crippen LogP contribution in [0, 0.1) is 0 Å². The number of methoxy groups -OCH3 is 1. The topological polar surface area (TPSA) is 76.1 Å². The van der Waals surface area contributed by atoms with E-state index in [1.54, 1.807) is 47.4 Å². The average molecular weight is 460 g/mol. The zero-order chi connectivity index (χ0) is 20.8. The number of phenols is 1. The highest BCUT2D eigenvalue weighted by atomic mass is 79.9. The lowest BCUT2D eigenvalue weighted by Gasteiger charge is -2.15. The lowest BCUT2D eigenvalue weighted by molar-refractivity contribution is -0.132. The highest BCUT2D eigenvalue weighted by molar-refractivity contribution is 9.10. The summed E-state index contributed by atoms with van der Waals surface area (Å²) in [6.45, 7) is 1.60. The van der Waals surface area contributed by atoms with E-state index in [1.807, 2.05) is 0 Å². The maximum atomic E-state index is 12.4. The second-order valence-corrected chi connectivity index (χ2v) is 7.51. The van der Waals surface area contributed by atoms with Crippen molar-refractivity contribution in [3.05, 3.63) is 58.1 Å². The molecule has 0 bridgehead atoms. The van der Waals surface area contributed by atoms with E-state index < -0.39 is 0 Å². The summed E-state index contributed by atoms with van der Waals surface area (Å²) in [4.78, 5) is 26.2. The van der Waals surface area contributed by atoms with Gasteiger partial charge in [0.2, 0.25) is 0 Å². The second-order valence-electron chi connectivity index (χ2n) is 6.65. The molecule has 1 aliphatic rings. The number of ketones is 1. The third kappa shape index (κ3) is 5.38. The van der Waals surface area contributed by atoms with Gasteiger partial charge in [-0.2, -0.15) is 0 Å². The Hall–Kier alpha value is -2.80. The van der Waals surface area contributed by atoms with Gasteiger partial charge in [0.1, 0.15) is 5.75 Å². The van der Waals surface area contributed by atoms with Crippen LogP contribution < -0.4 is 9.47 Å². The number of amides is 1. The van der Waals surface area contributed by atoms with Crippen molar-refractivity contribution in [1.82, 2.24) is 4.90 Å². The molecule has 0 aromatic heterocycles.